The summed E-state index contributed by atoms with van der Waals surface area (Å²) in [7, 11) is -5.77. The standard InChI is InChI=1S/C13H32O3Si4/c1-11-13(14)15-12-16-18(5,6)20(9,10)19(7,8)17(2,3)4/h11H,1,12H2,2-10H3. The molecule has 7 heteroatoms. The van der Waals surface area contributed by atoms with Gasteiger partial charge in [-0.3, -0.25) is 0 Å². The molecule has 0 aromatic rings. The summed E-state index contributed by atoms with van der Waals surface area (Å²) in [6.07, 6.45) is 1.18. The van der Waals surface area contributed by atoms with Crippen molar-refractivity contribution in [1.29, 1.82) is 0 Å². The van der Waals surface area contributed by atoms with Gasteiger partial charge in [-0.25, -0.2) is 4.79 Å². The van der Waals surface area contributed by atoms with Gasteiger partial charge in [0.1, 0.15) is 0 Å². The summed E-state index contributed by atoms with van der Waals surface area (Å²) in [6.45, 7) is 25.7. The van der Waals surface area contributed by atoms with E-state index in [2.05, 4.69) is 65.5 Å². The molecule has 0 saturated carbocycles. The number of rotatable bonds is 7. The Labute approximate surface area is 128 Å². The van der Waals surface area contributed by atoms with Crippen molar-refractivity contribution >= 4 is 35.6 Å². The van der Waals surface area contributed by atoms with Crippen molar-refractivity contribution in [1.82, 2.24) is 0 Å². The SMILES string of the molecule is C=CC(=O)OCO[Si](C)(C)[Si](C)(C)[Si](C)(C)[Si](C)(C)C. The molecule has 3 nitrogen and oxygen atoms in total. The van der Waals surface area contributed by atoms with Crippen LogP contribution >= 0.6 is 0 Å². The molecule has 0 aliphatic heterocycles. The largest absolute Gasteiger partial charge is 0.436 e. The van der Waals surface area contributed by atoms with Crippen LogP contribution in [-0.4, -0.2) is 42.4 Å². The van der Waals surface area contributed by atoms with Gasteiger partial charge in [-0.05, 0) is 13.1 Å². The highest BCUT2D eigenvalue weighted by atomic mass is 29.8. The third kappa shape index (κ3) is 4.03. The van der Waals surface area contributed by atoms with Crippen molar-refractivity contribution in [2.45, 2.75) is 58.9 Å². The molecular weight excluding hydrogens is 316 g/mol. The lowest BCUT2D eigenvalue weighted by molar-refractivity contribution is -0.144. The summed E-state index contributed by atoms with van der Waals surface area (Å²) in [5.41, 5.74) is 0. The number of ether oxygens (including phenoxy) is 1. The van der Waals surface area contributed by atoms with E-state index >= 15 is 0 Å². The normalized spacial score (nSPS) is 14.1. The highest BCUT2D eigenvalue weighted by Gasteiger charge is 2.58. The molecule has 118 valence electrons. The number of carbonyl (C=O) groups is 1. The van der Waals surface area contributed by atoms with Crippen LogP contribution in [0.25, 0.3) is 0 Å². The molecule has 0 amide bonds. The molecule has 0 aromatic carbocycles. The van der Waals surface area contributed by atoms with Crippen LogP contribution in [0.2, 0.25) is 58.9 Å². The Kier molecular flexibility index (Phi) is 6.44. The van der Waals surface area contributed by atoms with Gasteiger partial charge >= 0.3 is 5.97 Å². The van der Waals surface area contributed by atoms with E-state index in [9.17, 15) is 4.79 Å². The molecule has 0 fully saturated rings. The lowest BCUT2D eigenvalue weighted by Crippen LogP contribution is -2.79. The molecule has 0 spiro atoms. The quantitative estimate of drug-likeness (QED) is 0.303. The van der Waals surface area contributed by atoms with E-state index in [0.717, 1.165) is 0 Å². The summed E-state index contributed by atoms with van der Waals surface area (Å²) in [5.74, 6) is -0.407. The number of carbonyl (C=O) groups excluding carboxylic acids is 1. The van der Waals surface area contributed by atoms with Gasteiger partial charge in [-0.2, -0.15) is 0 Å². The van der Waals surface area contributed by atoms with E-state index in [-0.39, 0.29) is 6.79 Å². The zero-order chi connectivity index (χ0) is 16.4. The minimum atomic E-state index is -1.83. The van der Waals surface area contributed by atoms with Gasteiger partial charge in [0.15, 0.2) is 14.6 Å². The topological polar surface area (TPSA) is 35.5 Å². The molecule has 0 aliphatic rings. The zero-order valence-electron chi connectivity index (χ0n) is 14.7. The van der Waals surface area contributed by atoms with Crippen molar-refractivity contribution in [2.24, 2.45) is 0 Å². The highest BCUT2D eigenvalue weighted by molar-refractivity contribution is 7.82. The third-order valence-electron chi connectivity index (χ3n) is 5.73. The molecule has 0 rings (SSSR count). The Balaban J connectivity index is 5.07. The van der Waals surface area contributed by atoms with Crippen LogP contribution in [0.3, 0.4) is 0 Å². The second kappa shape index (κ2) is 6.43. The van der Waals surface area contributed by atoms with E-state index in [0.29, 0.717) is 0 Å². The Hall–Kier alpha value is 0.0375. The van der Waals surface area contributed by atoms with Crippen LogP contribution in [-0.2, 0) is 14.0 Å². The first-order valence-corrected chi connectivity index (χ1v) is 22.5. The maximum Gasteiger partial charge on any atom is 0.332 e. The van der Waals surface area contributed by atoms with Crippen LogP contribution in [0, 0.1) is 0 Å². The van der Waals surface area contributed by atoms with Crippen molar-refractivity contribution in [2.75, 3.05) is 6.79 Å². The van der Waals surface area contributed by atoms with E-state index < -0.39 is 35.6 Å². The summed E-state index contributed by atoms with van der Waals surface area (Å²) in [6, 6.07) is 0. The van der Waals surface area contributed by atoms with Gasteiger partial charge in [0, 0.05) is 20.8 Å². The average Bonchev–Trinajstić information content (AvgIpc) is 2.26. The molecule has 0 atom stereocenters. The lowest BCUT2D eigenvalue weighted by atomic mass is 10.7. The van der Waals surface area contributed by atoms with E-state index in [1.54, 1.807) is 0 Å². The molecule has 0 aliphatic carbocycles. The van der Waals surface area contributed by atoms with E-state index in [1.165, 1.54) is 6.08 Å². The first-order valence-electron chi connectivity index (χ1n) is 7.14. The fraction of sp³-hybridized carbons (Fsp3) is 0.769. The van der Waals surface area contributed by atoms with Crippen molar-refractivity contribution in [3.05, 3.63) is 12.7 Å². The first kappa shape index (κ1) is 20.0. The Morgan fingerprint density at radius 2 is 1.40 bits per heavy atom. The second-order valence-corrected chi connectivity index (χ2v) is 48.4. The summed E-state index contributed by atoms with van der Waals surface area (Å²) in [5, 5.41) is 0. The van der Waals surface area contributed by atoms with Crippen molar-refractivity contribution in [3.8, 4) is 0 Å². The van der Waals surface area contributed by atoms with Crippen molar-refractivity contribution < 1.29 is 14.0 Å². The smallest absolute Gasteiger partial charge is 0.332 e. The zero-order valence-corrected chi connectivity index (χ0v) is 18.7. The van der Waals surface area contributed by atoms with Gasteiger partial charge in [0.05, 0.1) is 7.11 Å². The summed E-state index contributed by atoms with van der Waals surface area (Å²) in [4.78, 5) is 11.1. The minimum Gasteiger partial charge on any atom is -0.436 e. The van der Waals surface area contributed by atoms with E-state index in [1.807, 2.05) is 0 Å². The first-order chi connectivity index (χ1) is 8.70. The lowest BCUT2D eigenvalue weighted by Gasteiger charge is -2.52. The van der Waals surface area contributed by atoms with Crippen LogP contribution in [0.1, 0.15) is 0 Å². The maximum absolute atomic E-state index is 11.1. The Bertz CT molecular complexity index is 370. The van der Waals surface area contributed by atoms with Gasteiger partial charge < -0.3 is 9.16 Å². The molecule has 20 heavy (non-hydrogen) atoms. The molecule has 0 N–H and O–H groups in total. The Morgan fingerprint density at radius 1 is 0.950 bits per heavy atom. The van der Waals surface area contributed by atoms with Crippen LogP contribution < -0.4 is 0 Å². The molecule has 0 aromatic heterocycles. The van der Waals surface area contributed by atoms with Crippen LogP contribution in [0.15, 0.2) is 12.7 Å². The Morgan fingerprint density at radius 3 is 1.75 bits per heavy atom. The summed E-state index contributed by atoms with van der Waals surface area (Å²) < 4.78 is 11.1. The maximum atomic E-state index is 11.1. The predicted octanol–water partition coefficient (Wildman–Crippen LogP) is 3.89. The third-order valence-corrected chi connectivity index (χ3v) is 72.2. The van der Waals surface area contributed by atoms with Crippen LogP contribution in [0.4, 0.5) is 0 Å². The predicted molar refractivity (Wildman–Crippen MR) is 98.0 cm³/mol. The van der Waals surface area contributed by atoms with Crippen LogP contribution in [0.5, 0.6) is 0 Å². The number of hydrogen-bond donors (Lipinski definition) is 0. The highest BCUT2D eigenvalue weighted by Crippen LogP contribution is 2.35. The minimum absolute atomic E-state index is 0.0800. The molecule has 0 heterocycles. The second-order valence-electron chi connectivity index (χ2n) is 7.94. The molecule has 0 radical (unpaired) electrons. The number of esters is 1. The fourth-order valence-corrected chi connectivity index (χ4v) is 67.0. The fourth-order valence-electron chi connectivity index (χ4n) is 2.16. The summed E-state index contributed by atoms with van der Waals surface area (Å²) >= 11 is 0. The number of hydrogen-bond acceptors (Lipinski definition) is 3. The molecule has 0 bridgehead atoms. The van der Waals surface area contributed by atoms with Gasteiger partial charge in [0.25, 0.3) is 0 Å². The van der Waals surface area contributed by atoms with Gasteiger partial charge in [-0.15, -0.1) is 0 Å². The monoisotopic (exact) mass is 348 g/mol. The van der Waals surface area contributed by atoms with Crippen molar-refractivity contribution in [3.63, 3.8) is 0 Å². The molecule has 0 unspecified atom stereocenters. The average molecular weight is 349 g/mol. The van der Waals surface area contributed by atoms with E-state index in [4.69, 9.17) is 9.16 Å². The van der Waals surface area contributed by atoms with Gasteiger partial charge in [-0.1, -0.05) is 52.4 Å². The van der Waals surface area contributed by atoms with Gasteiger partial charge in [0.2, 0.25) is 0 Å². The molecular formula is C13H32O3Si4. The molecule has 0 saturated heterocycles.